The summed E-state index contributed by atoms with van der Waals surface area (Å²) >= 11 is 0. The van der Waals surface area contributed by atoms with Crippen molar-refractivity contribution in [1.29, 1.82) is 0 Å². The highest BCUT2D eigenvalue weighted by Gasteiger charge is 2.34. The summed E-state index contributed by atoms with van der Waals surface area (Å²) in [5, 5.41) is 21.7. The molecule has 0 aromatic heterocycles. The molecule has 0 radical (unpaired) electrons. The van der Waals surface area contributed by atoms with Gasteiger partial charge in [-0.3, -0.25) is 9.59 Å². The Kier molecular flexibility index (Phi) is 6.65. The summed E-state index contributed by atoms with van der Waals surface area (Å²) in [5.41, 5.74) is 4.30. The minimum atomic E-state index is -1.28. The first kappa shape index (κ1) is 22.8. The lowest BCUT2D eigenvalue weighted by Crippen LogP contribution is -2.50. The van der Waals surface area contributed by atoms with Gasteiger partial charge in [-0.25, -0.2) is 4.79 Å². The maximum Gasteiger partial charge on any atom is 0.407 e. The lowest BCUT2D eigenvalue weighted by Gasteiger charge is -2.25. The van der Waals surface area contributed by atoms with E-state index in [1.54, 1.807) is 0 Å². The number of aliphatic carboxylic acids is 1. The zero-order valence-electron chi connectivity index (χ0n) is 18.4. The summed E-state index contributed by atoms with van der Waals surface area (Å²) < 4.78 is 5.45. The van der Waals surface area contributed by atoms with Gasteiger partial charge >= 0.3 is 12.1 Å². The lowest BCUT2D eigenvalue weighted by atomic mass is 9.98. The highest BCUT2D eigenvalue weighted by Crippen LogP contribution is 2.44. The molecule has 8 heteroatoms. The molecular formula is C25H28N2O6. The number of hydrogen-bond acceptors (Lipinski definition) is 5. The van der Waals surface area contributed by atoms with Crippen molar-refractivity contribution in [2.45, 2.75) is 37.3 Å². The van der Waals surface area contributed by atoms with Crippen LogP contribution >= 0.6 is 0 Å². The van der Waals surface area contributed by atoms with Gasteiger partial charge in [0.05, 0.1) is 12.5 Å². The number of amides is 2. The lowest BCUT2D eigenvalue weighted by molar-refractivity contribution is -0.142. The Morgan fingerprint density at radius 2 is 1.64 bits per heavy atom. The number of carbonyl (C=O) groups excluding carboxylic acids is 2. The first-order chi connectivity index (χ1) is 15.8. The molecule has 1 saturated carbocycles. The zero-order chi connectivity index (χ0) is 23.5. The molecule has 2 aliphatic carbocycles. The monoisotopic (exact) mass is 452 g/mol. The Morgan fingerprint density at radius 1 is 1.06 bits per heavy atom. The van der Waals surface area contributed by atoms with Crippen LogP contribution < -0.4 is 5.32 Å². The summed E-state index contributed by atoms with van der Waals surface area (Å²) in [6.45, 7) is 0.149. The molecule has 8 nitrogen and oxygen atoms in total. The summed E-state index contributed by atoms with van der Waals surface area (Å²) in [6.07, 6.45) is -0.252. The molecule has 0 bridgehead atoms. The first-order valence-corrected chi connectivity index (χ1v) is 11.1. The van der Waals surface area contributed by atoms with E-state index in [0.29, 0.717) is 0 Å². The molecular weight excluding hydrogens is 424 g/mol. The Hall–Kier alpha value is -3.39. The van der Waals surface area contributed by atoms with Crippen molar-refractivity contribution in [1.82, 2.24) is 10.2 Å². The van der Waals surface area contributed by atoms with E-state index < -0.39 is 36.5 Å². The van der Waals surface area contributed by atoms with E-state index in [9.17, 15) is 24.6 Å². The van der Waals surface area contributed by atoms with Crippen molar-refractivity contribution in [2.75, 3.05) is 20.2 Å². The van der Waals surface area contributed by atoms with E-state index in [1.165, 1.54) is 11.9 Å². The topological polar surface area (TPSA) is 116 Å². The number of likely N-dealkylation sites (N-methyl/N-ethyl adjacent to an activating group) is 1. The molecule has 2 atom stereocenters. The molecule has 0 aliphatic heterocycles. The van der Waals surface area contributed by atoms with Crippen molar-refractivity contribution in [3.05, 3.63) is 59.7 Å². The summed E-state index contributed by atoms with van der Waals surface area (Å²) in [7, 11) is 1.49. The van der Waals surface area contributed by atoms with E-state index in [2.05, 4.69) is 5.32 Å². The molecule has 4 rings (SSSR count). The third-order valence-corrected chi connectivity index (χ3v) is 6.32. The second-order valence-electron chi connectivity index (χ2n) is 8.74. The fourth-order valence-electron chi connectivity index (χ4n) is 4.42. The maximum atomic E-state index is 12.8. The number of ether oxygens (including phenoxy) is 1. The van der Waals surface area contributed by atoms with Crippen molar-refractivity contribution in [2.24, 2.45) is 5.92 Å². The van der Waals surface area contributed by atoms with E-state index in [-0.39, 0.29) is 25.0 Å². The fraction of sp³-hybridized carbons (Fsp3) is 0.400. The Morgan fingerprint density at radius 3 is 2.18 bits per heavy atom. The molecule has 0 saturated heterocycles. The van der Waals surface area contributed by atoms with Crippen LogP contribution in [0.4, 0.5) is 4.79 Å². The number of carboxylic acid groups (broad SMARTS) is 1. The molecule has 33 heavy (non-hydrogen) atoms. The summed E-state index contributed by atoms with van der Waals surface area (Å²) in [6, 6.07) is 14.6. The van der Waals surface area contributed by atoms with Crippen molar-refractivity contribution >= 4 is 18.0 Å². The van der Waals surface area contributed by atoms with Crippen LogP contribution in [0.25, 0.3) is 11.1 Å². The molecule has 0 spiro atoms. The van der Waals surface area contributed by atoms with Gasteiger partial charge < -0.3 is 25.2 Å². The predicted octanol–water partition coefficient (Wildman–Crippen LogP) is 2.60. The van der Waals surface area contributed by atoms with Crippen LogP contribution in [0.2, 0.25) is 0 Å². The summed E-state index contributed by atoms with van der Waals surface area (Å²) in [5.74, 6) is -1.77. The van der Waals surface area contributed by atoms with E-state index in [0.717, 1.165) is 35.1 Å². The first-order valence-electron chi connectivity index (χ1n) is 11.1. The standard InChI is InChI=1S/C25H28N2O6/c1-27(13-22(28)15-10-11-15)24(31)21(12-23(29)30)26-25(32)33-14-20-18-8-4-2-6-16(18)17-7-3-5-9-19(17)20/h2-9,15,20-22,28H,10-14H2,1H3,(H,26,32)(H,29,30). The minimum Gasteiger partial charge on any atom is -0.481 e. The Labute approximate surface area is 192 Å². The maximum absolute atomic E-state index is 12.8. The second kappa shape index (κ2) is 9.62. The van der Waals surface area contributed by atoms with Crippen molar-refractivity contribution < 1.29 is 29.3 Å². The number of aliphatic hydroxyl groups excluding tert-OH is 1. The van der Waals surface area contributed by atoms with Crippen molar-refractivity contribution in [3.8, 4) is 11.1 Å². The van der Waals surface area contributed by atoms with Crippen LogP contribution in [0.1, 0.15) is 36.3 Å². The smallest absolute Gasteiger partial charge is 0.407 e. The number of hydrogen-bond donors (Lipinski definition) is 3. The summed E-state index contributed by atoms with van der Waals surface area (Å²) in [4.78, 5) is 37.9. The second-order valence-corrected chi connectivity index (χ2v) is 8.74. The number of nitrogens with zero attached hydrogens (tertiary/aromatic N) is 1. The average molecular weight is 453 g/mol. The van der Waals surface area contributed by atoms with Crippen LogP contribution in [0, 0.1) is 5.92 Å². The average Bonchev–Trinajstić information content (AvgIpc) is 3.60. The molecule has 2 aromatic rings. The molecule has 1 fully saturated rings. The van der Waals surface area contributed by atoms with Gasteiger partial charge in [0.15, 0.2) is 0 Å². The van der Waals surface area contributed by atoms with Gasteiger partial charge in [0.25, 0.3) is 0 Å². The van der Waals surface area contributed by atoms with Crippen molar-refractivity contribution in [3.63, 3.8) is 0 Å². The minimum absolute atomic E-state index is 0.0596. The fourth-order valence-corrected chi connectivity index (χ4v) is 4.42. The molecule has 2 amide bonds. The molecule has 174 valence electrons. The van der Waals surface area contributed by atoms with Crippen LogP contribution in [0.5, 0.6) is 0 Å². The number of benzene rings is 2. The van der Waals surface area contributed by atoms with Gasteiger partial charge in [-0.1, -0.05) is 48.5 Å². The van der Waals surface area contributed by atoms with E-state index in [4.69, 9.17) is 4.74 Å². The van der Waals surface area contributed by atoms with Gasteiger partial charge in [-0.15, -0.1) is 0 Å². The Bertz CT molecular complexity index is 1010. The zero-order valence-corrected chi connectivity index (χ0v) is 18.4. The largest absolute Gasteiger partial charge is 0.481 e. The normalized spacial score (nSPS) is 16.3. The number of carboxylic acids is 1. The van der Waals surface area contributed by atoms with Crippen LogP contribution in [0.3, 0.4) is 0 Å². The molecule has 2 aliphatic rings. The van der Waals surface area contributed by atoms with E-state index in [1.807, 2.05) is 48.5 Å². The molecule has 3 N–H and O–H groups in total. The van der Waals surface area contributed by atoms with Crippen LogP contribution in [-0.4, -0.2) is 65.4 Å². The van der Waals surface area contributed by atoms with Crippen LogP contribution in [-0.2, 0) is 14.3 Å². The van der Waals surface area contributed by atoms with Crippen LogP contribution in [0.15, 0.2) is 48.5 Å². The predicted molar refractivity (Wildman–Crippen MR) is 121 cm³/mol. The third kappa shape index (κ3) is 5.17. The number of carbonyl (C=O) groups is 3. The number of nitrogens with one attached hydrogen (secondary N) is 1. The molecule has 2 aromatic carbocycles. The van der Waals surface area contributed by atoms with Gasteiger partial charge in [-0.05, 0) is 41.0 Å². The number of alkyl carbamates (subject to hydrolysis) is 1. The highest BCUT2D eigenvalue weighted by atomic mass is 16.5. The van der Waals surface area contributed by atoms with Gasteiger partial charge in [0.1, 0.15) is 12.6 Å². The van der Waals surface area contributed by atoms with Gasteiger partial charge in [0.2, 0.25) is 5.91 Å². The molecule has 2 unspecified atom stereocenters. The third-order valence-electron chi connectivity index (χ3n) is 6.32. The quantitative estimate of drug-likeness (QED) is 0.539. The Balaban J connectivity index is 1.39. The van der Waals surface area contributed by atoms with Gasteiger partial charge in [0, 0.05) is 19.5 Å². The number of fused-ring (bicyclic) bond motifs is 3. The number of aliphatic hydroxyl groups is 1. The van der Waals surface area contributed by atoms with E-state index >= 15 is 0 Å². The highest BCUT2D eigenvalue weighted by molar-refractivity contribution is 5.89. The number of rotatable bonds is 9. The SMILES string of the molecule is CN(CC(O)C1CC1)C(=O)C(CC(=O)O)NC(=O)OCC1c2ccccc2-c2ccccc21. The molecule has 0 heterocycles. The van der Waals surface area contributed by atoms with Gasteiger partial charge in [-0.2, -0.15) is 0 Å².